The Kier molecular flexibility index (Phi) is 3.66. The molecule has 0 spiro atoms. The molecule has 2 aromatic rings. The van der Waals surface area contributed by atoms with Crippen LogP contribution in [0.25, 0.3) is 0 Å². The van der Waals surface area contributed by atoms with Gasteiger partial charge in [0.25, 0.3) is 0 Å². The SMILES string of the molecule is COc1ccc(Cc2c[nH]cc(C(=O)O)c2=O)cc1. The fraction of sp³-hybridized carbons (Fsp3) is 0.143. The predicted octanol–water partition coefficient (Wildman–Crippen LogP) is 1.67. The lowest BCUT2D eigenvalue weighted by molar-refractivity contribution is 0.0695. The number of carboxylic acid groups (broad SMARTS) is 1. The number of methoxy groups -OCH3 is 1. The smallest absolute Gasteiger partial charge is 0.341 e. The number of aromatic carboxylic acids is 1. The molecule has 0 saturated heterocycles. The third kappa shape index (κ3) is 2.82. The van der Waals surface area contributed by atoms with Crippen LogP contribution in [0.4, 0.5) is 0 Å². The van der Waals surface area contributed by atoms with Gasteiger partial charge in [0.2, 0.25) is 0 Å². The highest BCUT2D eigenvalue weighted by atomic mass is 16.5. The van der Waals surface area contributed by atoms with E-state index in [1.54, 1.807) is 19.2 Å². The van der Waals surface area contributed by atoms with Crippen molar-refractivity contribution in [1.82, 2.24) is 4.98 Å². The summed E-state index contributed by atoms with van der Waals surface area (Å²) in [6.45, 7) is 0. The second kappa shape index (κ2) is 5.39. The van der Waals surface area contributed by atoms with Crippen molar-refractivity contribution >= 4 is 5.97 Å². The van der Waals surface area contributed by atoms with Crippen LogP contribution in [0.3, 0.4) is 0 Å². The molecular formula is C14H13NO4. The molecule has 0 aliphatic carbocycles. The summed E-state index contributed by atoms with van der Waals surface area (Å²) in [5.74, 6) is -0.491. The molecule has 19 heavy (non-hydrogen) atoms. The number of ether oxygens (including phenoxy) is 1. The van der Waals surface area contributed by atoms with Gasteiger partial charge in [0.05, 0.1) is 7.11 Å². The van der Waals surface area contributed by atoms with E-state index in [9.17, 15) is 9.59 Å². The van der Waals surface area contributed by atoms with Gasteiger partial charge in [0.1, 0.15) is 11.3 Å². The molecule has 0 bridgehead atoms. The highest BCUT2D eigenvalue weighted by Gasteiger charge is 2.11. The van der Waals surface area contributed by atoms with Gasteiger partial charge in [-0.1, -0.05) is 12.1 Å². The van der Waals surface area contributed by atoms with E-state index in [1.165, 1.54) is 12.4 Å². The summed E-state index contributed by atoms with van der Waals surface area (Å²) in [7, 11) is 1.58. The molecule has 1 aromatic carbocycles. The lowest BCUT2D eigenvalue weighted by atomic mass is 10.0. The summed E-state index contributed by atoms with van der Waals surface area (Å²) in [6, 6.07) is 7.27. The van der Waals surface area contributed by atoms with Crippen LogP contribution < -0.4 is 10.2 Å². The number of hydrogen-bond acceptors (Lipinski definition) is 3. The Balaban J connectivity index is 2.30. The van der Waals surface area contributed by atoms with Crippen LogP contribution in [-0.4, -0.2) is 23.2 Å². The highest BCUT2D eigenvalue weighted by molar-refractivity contribution is 5.87. The van der Waals surface area contributed by atoms with Crippen LogP contribution >= 0.6 is 0 Å². The van der Waals surface area contributed by atoms with E-state index < -0.39 is 11.4 Å². The summed E-state index contributed by atoms with van der Waals surface area (Å²) in [5, 5.41) is 8.89. The van der Waals surface area contributed by atoms with Crippen LogP contribution in [0, 0.1) is 0 Å². The molecule has 0 fully saturated rings. The first-order valence-corrected chi connectivity index (χ1v) is 5.68. The summed E-state index contributed by atoms with van der Waals surface area (Å²) >= 11 is 0. The van der Waals surface area contributed by atoms with E-state index in [1.807, 2.05) is 12.1 Å². The summed E-state index contributed by atoms with van der Waals surface area (Å²) in [4.78, 5) is 25.5. The number of H-pyrrole nitrogens is 1. The first-order valence-electron chi connectivity index (χ1n) is 5.68. The zero-order chi connectivity index (χ0) is 13.8. The number of carbonyl (C=O) groups is 1. The number of rotatable bonds is 4. The summed E-state index contributed by atoms with van der Waals surface area (Å²) in [5.41, 5.74) is 0.631. The Bertz CT molecular complexity index is 643. The average Bonchev–Trinajstić information content (AvgIpc) is 2.41. The Labute approximate surface area is 109 Å². The number of carboxylic acids is 1. The molecule has 2 N–H and O–H groups in total. The molecule has 98 valence electrons. The number of benzene rings is 1. The minimum absolute atomic E-state index is 0.244. The number of aromatic nitrogens is 1. The van der Waals surface area contributed by atoms with Crippen molar-refractivity contribution in [3.05, 3.63) is 63.6 Å². The minimum atomic E-state index is -1.22. The largest absolute Gasteiger partial charge is 0.497 e. The van der Waals surface area contributed by atoms with Crippen LogP contribution in [0.2, 0.25) is 0 Å². The molecule has 5 heteroatoms. The van der Waals surface area contributed by atoms with Gasteiger partial charge < -0.3 is 14.8 Å². The molecule has 0 aliphatic heterocycles. The summed E-state index contributed by atoms with van der Waals surface area (Å²) in [6.07, 6.45) is 3.10. The number of nitrogens with one attached hydrogen (secondary N) is 1. The van der Waals surface area contributed by atoms with Gasteiger partial charge in [0.15, 0.2) is 5.43 Å². The van der Waals surface area contributed by atoms with E-state index in [4.69, 9.17) is 9.84 Å². The first kappa shape index (κ1) is 12.9. The molecule has 2 rings (SSSR count). The van der Waals surface area contributed by atoms with Gasteiger partial charge in [-0.3, -0.25) is 4.79 Å². The molecule has 0 atom stereocenters. The van der Waals surface area contributed by atoms with Crippen molar-refractivity contribution < 1.29 is 14.6 Å². The van der Waals surface area contributed by atoms with Crippen molar-refractivity contribution in [2.75, 3.05) is 7.11 Å². The molecule has 0 radical (unpaired) electrons. The minimum Gasteiger partial charge on any atom is -0.497 e. The molecule has 5 nitrogen and oxygen atoms in total. The van der Waals surface area contributed by atoms with E-state index in [-0.39, 0.29) is 5.56 Å². The quantitative estimate of drug-likeness (QED) is 0.875. The Hall–Kier alpha value is -2.56. The van der Waals surface area contributed by atoms with E-state index in [0.717, 1.165) is 11.3 Å². The lowest BCUT2D eigenvalue weighted by Crippen LogP contribution is -2.19. The second-order valence-corrected chi connectivity index (χ2v) is 4.05. The zero-order valence-electron chi connectivity index (χ0n) is 10.3. The second-order valence-electron chi connectivity index (χ2n) is 4.05. The van der Waals surface area contributed by atoms with Gasteiger partial charge in [-0.25, -0.2) is 4.79 Å². The fourth-order valence-electron chi connectivity index (χ4n) is 1.78. The van der Waals surface area contributed by atoms with Crippen LogP contribution in [0.5, 0.6) is 5.75 Å². The van der Waals surface area contributed by atoms with E-state index >= 15 is 0 Å². The van der Waals surface area contributed by atoms with Crippen molar-refractivity contribution in [3.63, 3.8) is 0 Å². The van der Waals surface area contributed by atoms with E-state index in [0.29, 0.717) is 12.0 Å². The van der Waals surface area contributed by atoms with Gasteiger partial charge in [-0.05, 0) is 17.7 Å². The van der Waals surface area contributed by atoms with Crippen LogP contribution in [-0.2, 0) is 6.42 Å². The maximum absolute atomic E-state index is 11.9. The van der Waals surface area contributed by atoms with Gasteiger partial charge in [0, 0.05) is 24.4 Å². The predicted molar refractivity (Wildman–Crippen MR) is 69.8 cm³/mol. The molecular weight excluding hydrogens is 246 g/mol. The molecule has 1 heterocycles. The third-order valence-corrected chi connectivity index (χ3v) is 2.81. The zero-order valence-corrected chi connectivity index (χ0v) is 10.3. The van der Waals surface area contributed by atoms with Gasteiger partial charge in [-0.2, -0.15) is 0 Å². The lowest BCUT2D eigenvalue weighted by Gasteiger charge is -2.04. The monoisotopic (exact) mass is 259 g/mol. The molecule has 1 aromatic heterocycles. The number of hydrogen-bond donors (Lipinski definition) is 2. The summed E-state index contributed by atoms with van der Waals surface area (Å²) < 4.78 is 5.05. The molecule has 0 aliphatic rings. The van der Waals surface area contributed by atoms with Crippen molar-refractivity contribution in [2.45, 2.75) is 6.42 Å². The molecule has 0 amide bonds. The van der Waals surface area contributed by atoms with Crippen molar-refractivity contribution in [3.8, 4) is 5.75 Å². The van der Waals surface area contributed by atoms with Gasteiger partial charge >= 0.3 is 5.97 Å². The topological polar surface area (TPSA) is 79.4 Å². The Morgan fingerprint density at radius 2 is 1.95 bits per heavy atom. The van der Waals surface area contributed by atoms with Gasteiger partial charge in [-0.15, -0.1) is 0 Å². The van der Waals surface area contributed by atoms with E-state index in [2.05, 4.69) is 4.98 Å². The normalized spacial score (nSPS) is 10.2. The molecule has 0 saturated carbocycles. The average molecular weight is 259 g/mol. The first-order chi connectivity index (χ1) is 9.11. The number of pyridine rings is 1. The third-order valence-electron chi connectivity index (χ3n) is 2.81. The molecule has 0 unspecified atom stereocenters. The van der Waals surface area contributed by atoms with Crippen molar-refractivity contribution in [1.29, 1.82) is 0 Å². The van der Waals surface area contributed by atoms with Crippen LogP contribution in [0.15, 0.2) is 41.5 Å². The Morgan fingerprint density at radius 3 is 2.53 bits per heavy atom. The standard InChI is InChI=1S/C14H13NO4/c1-19-11-4-2-9(3-5-11)6-10-7-15-8-12(13(10)16)14(17)18/h2-5,7-8H,6H2,1H3,(H,15,16)(H,17,18). The fourth-order valence-corrected chi connectivity index (χ4v) is 1.78. The number of aromatic amines is 1. The van der Waals surface area contributed by atoms with Crippen LogP contribution in [0.1, 0.15) is 21.5 Å². The maximum Gasteiger partial charge on any atom is 0.341 e. The van der Waals surface area contributed by atoms with Crippen molar-refractivity contribution in [2.24, 2.45) is 0 Å². The Morgan fingerprint density at radius 1 is 1.26 bits per heavy atom. The highest BCUT2D eigenvalue weighted by Crippen LogP contribution is 2.13. The maximum atomic E-state index is 11.9.